The highest BCUT2D eigenvalue weighted by Gasteiger charge is 2.22. The van der Waals surface area contributed by atoms with E-state index >= 15 is 0 Å². The number of rotatable bonds is 8. The molecule has 0 aromatic carbocycles. The molecule has 0 radical (unpaired) electrons. The van der Waals surface area contributed by atoms with Gasteiger partial charge >= 0.3 is 0 Å². The van der Waals surface area contributed by atoms with Crippen LogP contribution in [0.5, 0.6) is 0 Å². The topological polar surface area (TPSA) is 113 Å². The molecule has 1 aliphatic carbocycles. The van der Waals surface area contributed by atoms with Gasteiger partial charge in [-0.2, -0.15) is 5.26 Å². The van der Waals surface area contributed by atoms with E-state index in [1.54, 1.807) is 13.0 Å². The molecule has 7 nitrogen and oxygen atoms in total. The first-order chi connectivity index (χ1) is 13.8. The maximum Gasteiger partial charge on any atom is 0.274 e. The Morgan fingerprint density at radius 3 is 2.93 bits per heavy atom. The summed E-state index contributed by atoms with van der Waals surface area (Å²) < 4.78 is 42.8. The quantitative estimate of drug-likeness (QED) is 0.507. The van der Waals surface area contributed by atoms with Crippen molar-refractivity contribution in [3.8, 4) is 6.07 Å². The Labute approximate surface area is 165 Å². The number of aliphatic imine (C=N–C) groups is 1. The summed E-state index contributed by atoms with van der Waals surface area (Å²) in [6, 6.07) is 3.49. The molecule has 1 heterocycles. The van der Waals surface area contributed by atoms with E-state index in [4.69, 9.17) is 11.0 Å². The summed E-state index contributed by atoms with van der Waals surface area (Å²) in [5.41, 5.74) is 7.09. The molecule has 0 spiro atoms. The highest BCUT2D eigenvalue weighted by molar-refractivity contribution is 5.94. The number of carbonyl (C=O) groups excluding carboxylic acids is 1. The number of carbonyl (C=O) groups is 1. The lowest BCUT2D eigenvalue weighted by molar-refractivity contribution is 0.0321. The summed E-state index contributed by atoms with van der Waals surface area (Å²) in [6.07, 6.45) is 1.53. The molecule has 0 aliphatic heterocycles. The zero-order valence-electron chi connectivity index (χ0n) is 15.7. The van der Waals surface area contributed by atoms with Crippen molar-refractivity contribution in [1.82, 2.24) is 10.3 Å². The Bertz CT molecular complexity index is 890. The molecule has 0 saturated heterocycles. The monoisotopic (exact) mass is 407 g/mol. The number of nitrogens with two attached hydrogens (primary N) is 1. The fourth-order valence-electron chi connectivity index (χ4n) is 2.60. The molecule has 1 unspecified atom stereocenters. The SMILES string of the molecule is Cc1cc(C#N)cnc1C(=O)NC1=CC=C(F)C(C/N=C(/N)COCC(F)F)C1. The molecule has 0 saturated carbocycles. The van der Waals surface area contributed by atoms with Gasteiger partial charge in [-0.15, -0.1) is 0 Å². The number of pyridine rings is 1. The van der Waals surface area contributed by atoms with Gasteiger partial charge in [0.25, 0.3) is 12.3 Å². The Morgan fingerprint density at radius 2 is 2.28 bits per heavy atom. The van der Waals surface area contributed by atoms with Gasteiger partial charge in [-0.25, -0.2) is 18.2 Å². The lowest BCUT2D eigenvalue weighted by atomic mass is 9.96. The first kappa shape index (κ1) is 22.1. The first-order valence-electron chi connectivity index (χ1n) is 8.69. The van der Waals surface area contributed by atoms with Crippen molar-refractivity contribution in [2.75, 3.05) is 19.8 Å². The maximum atomic E-state index is 14.1. The minimum Gasteiger partial charge on any atom is -0.386 e. The number of nitrogens with zero attached hydrogens (tertiary/aromatic N) is 3. The molecule has 1 aromatic rings. The van der Waals surface area contributed by atoms with Crippen LogP contribution in [0, 0.1) is 24.2 Å². The molecule has 1 amide bonds. The van der Waals surface area contributed by atoms with E-state index < -0.39 is 30.7 Å². The first-order valence-corrected chi connectivity index (χ1v) is 8.69. The predicted octanol–water partition coefficient (Wildman–Crippen LogP) is 2.39. The van der Waals surface area contributed by atoms with Crippen LogP contribution in [0.15, 0.2) is 40.9 Å². The smallest absolute Gasteiger partial charge is 0.274 e. The van der Waals surface area contributed by atoms with Crippen molar-refractivity contribution >= 4 is 11.7 Å². The molecule has 3 N–H and O–H groups in total. The molecule has 10 heteroatoms. The van der Waals surface area contributed by atoms with Crippen molar-refractivity contribution in [3.63, 3.8) is 0 Å². The molecule has 29 heavy (non-hydrogen) atoms. The van der Waals surface area contributed by atoms with Crippen molar-refractivity contribution in [2.24, 2.45) is 16.6 Å². The van der Waals surface area contributed by atoms with E-state index in [-0.39, 0.29) is 31.1 Å². The third-order valence-electron chi connectivity index (χ3n) is 4.01. The van der Waals surface area contributed by atoms with Gasteiger partial charge < -0.3 is 15.8 Å². The Morgan fingerprint density at radius 1 is 1.52 bits per heavy atom. The number of halogens is 3. The lowest BCUT2D eigenvalue weighted by Gasteiger charge is -2.20. The van der Waals surface area contributed by atoms with Crippen LogP contribution in [0.3, 0.4) is 0 Å². The largest absolute Gasteiger partial charge is 0.386 e. The van der Waals surface area contributed by atoms with Crippen LogP contribution in [-0.2, 0) is 4.74 Å². The molecule has 154 valence electrons. The van der Waals surface area contributed by atoms with E-state index in [1.165, 1.54) is 18.3 Å². The second-order valence-corrected chi connectivity index (χ2v) is 6.34. The minimum atomic E-state index is -2.60. The standard InChI is InChI=1S/C19H20F3N5O2/c1-11-4-12(6-23)7-26-18(11)19(28)27-14-2-3-15(20)13(5-14)8-25-17(24)10-29-9-16(21)22/h2-4,7,13,16H,5,8-10H2,1H3,(H2,24,25)(H,27,28). The average molecular weight is 407 g/mol. The second-order valence-electron chi connectivity index (χ2n) is 6.34. The van der Waals surface area contributed by atoms with Crippen LogP contribution < -0.4 is 11.1 Å². The Hall–Kier alpha value is -3.19. The lowest BCUT2D eigenvalue weighted by Crippen LogP contribution is -2.28. The van der Waals surface area contributed by atoms with E-state index in [2.05, 4.69) is 20.0 Å². The summed E-state index contributed by atoms with van der Waals surface area (Å²) in [4.78, 5) is 20.4. The van der Waals surface area contributed by atoms with E-state index in [9.17, 15) is 18.0 Å². The number of alkyl halides is 2. The van der Waals surface area contributed by atoms with Gasteiger partial charge in [0.1, 0.15) is 36.6 Å². The molecule has 1 aliphatic rings. The third kappa shape index (κ3) is 6.73. The number of nitriles is 1. The summed E-state index contributed by atoms with van der Waals surface area (Å²) in [7, 11) is 0. The van der Waals surface area contributed by atoms with Crippen LogP contribution in [-0.4, -0.2) is 42.9 Å². The molecule has 0 bridgehead atoms. The van der Waals surface area contributed by atoms with Gasteiger partial charge in [-0.05, 0) is 37.1 Å². The number of aromatic nitrogens is 1. The van der Waals surface area contributed by atoms with Gasteiger partial charge in [0, 0.05) is 17.8 Å². The van der Waals surface area contributed by atoms with Crippen LogP contribution in [0.25, 0.3) is 0 Å². The van der Waals surface area contributed by atoms with Gasteiger partial charge in [-0.3, -0.25) is 9.79 Å². The average Bonchev–Trinajstić information content (AvgIpc) is 2.67. The summed E-state index contributed by atoms with van der Waals surface area (Å²) in [5.74, 6) is -1.58. The maximum absolute atomic E-state index is 14.1. The van der Waals surface area contributed by atoms with Gasteiger partial charge in [-0.1, -0.05) is 0 Å². The number of amidine groups is 1. The zero-order chi connectivity index (χ0) is 21.4. The van der Waals surface area contributed by atoms with Gasteiger partial charge in [0.05, 0.1) is 12.1 Å². The normalized spacial score (nSPS) is 16.8. The Balaban J connectivity index is 1.95. The number of amides is 1. The summed E-state index contributed by atoms with van der Waals surface area (Å²) in [5, 5.41) is 11.5. The number of allylic oxidation sites excluding steroid dienone is 3. The third-order valence-corrected chi connectivity index (χ3v) is 4.01. The highest BCUT2D eigenvalue weighted by Crippen LogP contribution is 2.25. The van der Waals surface area contributed by atoms with Crippen molar-refractivity contribution in [2.45, 2.75) is 19.8 Å². The van der Waals surface area contributed by atoms with E-state index in [0.717, 1.165) is 0 Å². The number of aryl methyl sites for hydroxylation is 1. The fraction of sp³-hybridized carbons (Fsp3) is 0.368. The summed E-state index contributed by atoms with van der Waals surface area (Å²) >= 11 is 0. The van der Waals surface area contributed by atoms with Gasteiger partial charge in [0.15, 0.2) is 0 Å². The number of hydrogen-bond acceptors (Lipinski definition) is 5. The van der Waals surface area contributed by atoms with Gasteiger partial charge in [0.2, 0.25) is 0 Å². The molecule has 2 rings (SSSR count). The molecular formula is C19H20F3N5O2. The Kier molecular flexibility index (Phi) is 7.91. The van der Waals surface area contributed by atoms with Crippen molar-refractivity contribution in [1.29, 1.82) is 5.26 Å². The molecule has 1 aromatic heterocycles. The molecular weight excluding hydrogens is 387 g/mol. The van der Waals surface area contributed by atoms with E-state index in [0.29, 0.717) is 16.8 Å². The minimum absolute atomic E-state index is 0.0176. The van der Waals surface area contributed by atoms with Crippen LogP contribution in [0.4, 0.5) is 13.2 Å². The predicted molar refractivity (Wildman–Crippen MR) is 99.8 cm³/mol. The van der Waals surface area contributed by atoms with Crippen molar-refractivity contribution < 1.29 is 22.7 Å². The molecule has 1 atom stereocenters. The highest BCUT2D eigenvalue weighted by atomic mass is 19.3. The van der Waals surface area contributed by atoms with Crippen LogP contribution in [0.2, 0.25) is 0 Å². The molecule has 0 fully saturated rings. The zero-order valence-corrected chi connectivity index (χ0v) is 15.7. The van der Waals surface area contributed by atoms with E-state index in [1.807, 2.05) is 6.07 Å². The number of nitrogens with one attached hydrogen (secondary N) is 1. The fourth-order valence-corrected chi connectivity index (χ4v) is 2.60. The van der Waals surface area contributed by atoms with Crippen LogP contribution in [0.1, 0.15) is 28.0 Å². The summed E-state index contributed by atoms with van der Waals surface area (Å²) in [6.45, 7) is 0.614. The van der Waals surface area contributed by atoms with Crippen molar-refractivity contribution in [3.05, 3.63) is 52.8 Å². The second kappa shape index (κ2) is 10.4. The number of hydrogen-bond donors (Lipinski definition) is 2. The number of ether oxygens (including phenoxy) is 1. The van der Waals surface area contributed by atoms with Crippen LogP contribution >= 0.6 is 0 Å².